The second kappa shape index (κ2) is 5.88. The van der Waals surface area contributed by atoms with Crippen molar-refractivity contribution in [2.45, 2.75) is 52.0 Å². The largest absolute Gasteiger partial charge is 0.478 e. The number of fused-ring (bicyclic) bond motifs is 1. The first-order valence-corrected chi connectivity index (χ1v) is 7.92. The summed E-state index contributed by atoms with van der Waals surface area (Å²) in [6, 6.07) is 5.38. The maximum Gasteiger partial charge on any atom is 0.337 e. The highest BCUT2D eigenvalue weighted by atomic mass is 16.4. The molecule has 1 aromatic heterocycles. The topological polar surface area (TPSA) is 55.1 Å². The summed E-state index contributed by atoms with van der Waals surface area (Å²) in [7, 11) is 0. The Labute approximate surface area is 124 Å². The molecule has 4 nitrogen and oxygen atoms in total. The minimum Gasteiger partial charge on any atom is -0.478 e. The van der Waals surface area contributed by atoms with Crippen LogP contribution in [0.2, 0.25) is 0 Å². The Morgan fingerprint density at radius 2 is 2.10 bits per heavy atom. The van der Waals surface area contributed by atoms with Crippen molar-refractivity contribution in [2.24, 2.45) is 5.92 Å². The highest BCUT2D eigenvalue weighted by Crippen LogP contribution is 2.28. The van der Waals surface area contributed by atoms with Crippen LogP contribution in [0.25, 0.3) is 11.0 Å². The Bertz CT molecular complexity index is 654. The van der Waals surface area contributed by atoms with Gasteiger partial charge in [-0.2, -0.15) is 0 Å². The molecule has 0 radical (unpaired) electrons. The lowest BCUT2D eigenvalue weighted by atomic mass is 9.89. The van der Waals surface area contributed by atoms with Gasteiger partial charge in [0, 0.05) is 13.0 Å². The number of para-hydroxylation sites is 1. The average molecular weight is 286 g/mol. The zero-order valence-corrected chi connectivity index (χ0v) is 12.5. The van der Waals surface area contributed by atoms with Gasteiger partial charge in [0.1, 0.15) is 5.82 Å². The minimum absolute atomic E-state index is 0.371. The van der Waals surface area contributed by atoms with Crippen LogP contribution in [-0.2, 0) is 13.0 Å². The molecule has 1 saturated carbocycles. The summed E-state index contributed by atoms with van der Waals surface area (Å²) >= 11 is 0. The van der Waals surface area contributed by atoms with Crippen LogP contribution in [0.1, 0.15) is 55.2 Å². The second-order valence-electron chi connectivity index (χ2n) is 5.97. The molecule has 21 heavy (non-hydrogen) atoms. The van der Waals surface area contributed by atoms with Gasteiger partial charge in [0.15, 0.2) is 0 Å². The van der Waals surface area contributed by atoms with Gasteiger partial charge in [-0.05, 0) is 30.9 Å². The van der Waals surface area contributed by atoms with Crippen molar-refractivity contribution >= 4 is 17.0 Å². The van der Waals surface area contributed by atoms with Crippen LogP contribution in [0.3, 0.4) is 0 Å². The van der Waals surface area contributed by atoms with E-state index in [1.165, 1.54) is 32.1 Å². The fourth-order valence-electron chi connectivity index (χ4n) is 3.50. The van der Waals surface area contributed by atoms with Crippen molar-refractivity contribution in [1.29, 1.82) is 0 Å². The van der Waals surface area contributed by atoms with Crippen LogP contribution in [-0.4, -0.2) is 20.6 Å². The normalized spacial score (nSPS) is 16.4. The zero-order chi connectivity index (χ0) is 14.8. The van der Waals surface area contributed by atoms with Gasteiger partial charge in [0.05, 0.1) is 16.6 Å². The molecule has 0 atom stereocenters. The van der Waals surface area contributed by atoms with Crippen LogP contribution in [0, 0.1) is 5.92 Å². The first kappa shape index (κ1) is 14.1. The van der Waals surface area contributed by atoms with E-state index in [1.54, 1.807) is 12.1 Å². The molecule has 0 unspecified atom stereocenters. The van der Waals surface area contributed by atoms with E-state index in [1.807, 2.05) is 6.07 Å². The number of aromatic nitrogens is 2. The first-order chi connectivity index (χ1) is 10.2. The predicted molar refractivity (Wildman–Crippen MR) is 82.6 cm³/mol. The maximum absolute atomic E-state index is 11.5. The van der Waals surface area contributed by atoms with E-state index < -0.39 is 5.97 Å². The highest BCUT2D eigenvalue weighted by molar-refractivity contribution is 6.01. The minimum atomic E-state index is -0.868. The van der Waals surface area contributed by atoms with Crippen molar-refractivity contribution in [1.82, 2.24) is 9.55 Å². The number of imidazole rings is 1. The number of aromatic carboxylic acids is 1. The van der Waals surface area contributed by atoms with Gasteiger partial charge < -0.3 is 9.67 Å². The molecule has 1 heterocycles. The number of aryl methyl sites for hydroxylation is 1. The summed E-state index contributed by atoms with van der Waals surface area (Å²) in [5, 5.41) is 9.45. The quantitative estimate of drug-likeness (QED) is 0.928. The van der Waals surface area contributed by atoms with Gasteiger partial charge in [0.25, 0.3) is 0 Å². The van der Waals surface area contributed by atoms with Crippen molar-refractivity contribution in [3.05, 3.63) is 29.6 Å². The summed E-state index contributed by atoms with van der Waals surface area (Å²) in [5.41, 5.74) is 1.98. The van der Waals surface area contributed by atoms with E-state index in [9.17, 15) is 9.90 Å². The molecular formula is C17H22N2O2. The van der Waals surface area contributed by atoms with Gasteiger partial charge >= 0.3 is 5.97 Å². The third-order valence-corrected chi connectivity index (χ3v) is 4.56. The van der Waals surface area contributed by atoms with Crippen LogP contribution in [0.4, 0.5) is 0 Å². The van der Waals surface area contributed by atoms with E-state index in [2.05, 4.69) is 16.5 Å². The first-order valence-electron chi connectivity index (χ1n) is 7.92. The number of carbonyl (C=O) groups is 1. The van der Waals surface area contributed by atoms with Crippen molar-refractivity contribution < 1.29 is 9.90 Å². The Morgan fingerprint density at radius 3 is 2.76 bits per heavy atom. The SMILES string of the molecule is CCc1nc2cccc(C(=O)O)c2n1CC1CCCCC1. The molecule has 112 valence electrons. The summed E-state index contributed by atoms with van der Waals surface area (Å²) in [6.45, 7) is 2.99. The van der Waals surface area contributed by atoms with Gasteiger partial charge in [-0.25, -0.2) is 9.78 Å². The lowest BCUT2D eigenvalue weighted by Crippen LogP contribution is -2.16. The van der Waals surface area contributed by atoms with Gasteiger partial charge in [0.2, 0.25) is 0 Å². The van der Waals surface area contributed by atoms with Crippen LogP contribution >= 0.6 is 0 Å². The molecule has 0 bridgehead atoms. The number of rotatable bonds is 4. The highest BCUT2D eigenvalue weighted by Gasteiger charge is 2.20. The standard InChI is InChI=1S/C17H22N2O2/c1-2-15-18-14-10-6-9-13(17(20)21)16(14)19(15)11-12-7-4-3-5-8-12/h6,9-10,12H,2-5,7-8,11H2,1H3,(H,20,21). The Balaban J connectivity index is 2.07. The fourth-order valence-corrected chi connectivity index (χ4v) is 3.50. The number of carboxylic acid groups (broad SMARTS) is 1. The van der Waals surface area contributed by atoms with Gasteiger partial charge in [-0.3, -0.25) is 0 Å². The molecular weight excluding hydrogens is 264 g/mol. The Hall–Kier alpha value is -1.84. The van der Waals surface area contributed by atoms with E-state index in [4.69, 9.17) is 0 Å². The van der Waals surface area contributed by atoms with E-state index in [0.29, 0.717) is 11.5 Å². The van der Waals surface area contributed by atoms with Crippen molar-refractivity contribution in [2.75, 3.05) is 0 Å². The maximum atomic E-state index is 11.5. The molecule has 1 N–H and O–H groups in total. The third kappa shape index (κ3) is 2.67. The third-order valence-electron chi connectivity index (χ3n) is 4.56. The number of hydrogen-bond donors (Lipinski definition) is 1. The van der Waals surface area contributed by atoms with Gasteiger partial charge in [-0.15, -0.1) is 0 Å². The molecule has 1 fully saturated rings. The molecule has 1 aliphatic carbocycles. The van der Waals surface area contributed by atoms with E-state index >= 15 is 0 Å². The van der Waals surface area contributed by atoms with Crippen LogP contribution < -0.4 is 0 Å². The summed E-state index contributed by atoms with van der Waals surface area (Å²) in [6.07, 6.45) is 7.26. The molecule has 3 rings (SSSR count). The molecule has 0 saturated heterocycles. The van der Waals surface area contributed by atoms with E-state index in [0.717, 1.165) is 29.8 Å². The lowest BCUT2D eigenvalue weighted by Gasteiger charge is -2.23. The lowest BCUT2D eigenvalue weighted by molar-refractivity contribution is 0.0698. The molecule has 1 aromatic carbocycles. The smallest absolute Gasteiger partial charge is 0.337 e. The average Bonchev–Trinajstić information content (AvgIpc) is 2.86. The van der Waals surface area contributed by atoms with Crippen molar-refractivity contribution in [3.8, 4) is 0 Å². The molecule has 0 aliphatic heterocycles. The summed E-state index contributed by atoms with van der Waals surface area (Å²) < 4.78 is 2.16. The summed E-state index contributed by atoms with van der Waals surface area (Å²) in [4.78, 5) is 16.2. The molecule has 2 aromatic rings. The fraction of sp³-hybridized carbons (Fsp3) is 0.529. The Kier molecular flexibility index (Phi) is 3.95. The number of carboxylic acids is 1. The molecule has 0 spiro atoms. The zero-order valence-electron chi connectivity index (χ0n) is 12.5. The number of hydrogen-bond acceptors (Lipinski definition) is 2. The number of benzene rings is 1. The van der Waals surface area contributed by atoms with Gasteiger partial charge in [-0.1, -0.05) is 32.3 Å². The van der Waals surface area contributed by atoms with Crippen LogP contribution in [0.5, 0.6) is 0 Å². The molecule has 4 heteroatoms. The monoisotopic (exact) mass is 286 g/mol. The second-order valence-corrected chi connectivity index (χ2v) is 5.97. The summed E-state index contributed by atoms with van der Waals surface area (Å²) in [5.74, 6) is 0.792. The van der Waals surface area contributed by atoms with Crippen LogP contribution in [0.15, 0.2) is 18.2 Å². The molecule has 1 aliphatic rings. The Morgan fingerprint density at radius 1 is 1.33 bits per heavy atom. The van der Waals surface area contributed by atoms with Crippen molar-refractivity contribution in [3.63, 3.8) is 0 Å². The molecule has 0 amide bonds. The predicted octanol–water partition coefficient (Wildman–Crippen LogP) is 3.88. The number of nitrogens with zero attached hydrogens (tertiary/aromatic N) is 2. The van der Waals surface area contributed by atoms with E-state index in [-0.39, 0.29) is 0 Å².